The van der Waals surface area contributed by atoms with Crippen LogP contribution in [0.3, 0.4) is 0 Å². The van der Waals surface area contributed by atoms with Gasteiger partial charge in [0.25, 0.3) is 0 Å². The molecular weight excluding hydrogens is 326 g/mol. The average molecular weight is 346 g/mol. The molecule has 21 heavy (non-hydrogen) atoms. The smallest absolute Gasteiger partial charge is 0.128 e. The lowest BCUT2D eigenvalue weighted by molar-refractivity contribution is 0.317. The molecule has 0 bridgehead atoms. The Hall–Kier alpha value is -1.61. The highest BCUT2D eigenvalue weighted by Crippen LogP contribution is 2.23. The molecule has 2 rings (SSSR count). The second-order valence-corrected chi connectivity index (χ2v) is 5.72. The first-order valence-electron chi connectivity index (χ1n) is 7.28. The van der Waals surface area contributed by atoms with E-state index in [4.69, 9.17) is 4.74 Å². The maximum atomic E-state index is 5.75. The van der Waals surface area contributed by atoms with E-state index in [1.54, 1.807) is 0 Å². The van der Waals surface area contributed by atoms with E-state index in [0.717, 1.165) is 34.3 Å². The van der Waals surface area contributed by atoms with Gasteiger partial charge in [0.15, 0.2) is 0 Å². The quantitative estimate of drug-likeness (QED) is 0.628. The molecule has 0 saturated carbocycles. The van der Waals surface area contributed by atoms with E-state index in [1.165, 1.54) is 5.56 Å². The molecule has 0 N–H and O–H groups in total. The first-order valence-corrected chi connectivity index (χ1v) is 8.07. The molecule has 110 valence electrons. The Morgan fingerprint density at radius 1 is 1.10 bits per heavy atom. The van der Waals surface area contributed by atoms with Gasteiger partial charge in [-0.15, -0.1) is 0 Å². The van der Waals surface area contributed by atoms with Crippen molar-refractivity contribution in [2.45, 2.75) is 26.7 Å². The Balaban J connectivity index is 2.19. The minimum Gasteiger partial charge on any atom is -0.493 e. The maximum absolute atomic E-state index is 5.75. The first kappa shape index (κ1) is 15.8. The fraction of sp³-hybridized carbons (Fsp3) is 0.278. The molecule has 0 aliphatic rings. The number of benzene rings is 2. The van der Waals surface area contributed by atoms with Crippen molar-refractivity contribution in [3.05, 3.63) is 58.1 Å². The number of ether oxygens (including phenoxy) is 1. The Kier molecular flexibility index (Phi) is 6.00. The number of hydrogen-bond acceptors (Lipinski definition) is 2. The van der Waals surface area contributed by atoms with Crippen LogP contribution in [0.2, 0.25) is 0 Å². The largest absolute Gasteiger partial charge is 0.493 e. The molecule has 2 aromatic rings. The summed E-state index contributed by atoms with van der Waals surface area (Å²) in [6.07, 6.45) is 3.90. The van der Waals surface area contributed by atoms with E-state index in [2.05, 4.69) is 46.9 Å². The molecule has 0 heterocycles. The minimum atomic E-state index is 0.716. The highest BCUT2D eigenvalue weighted by molar-refractivity contribution is 9.10. The summed E-state index contributed by atoms with van der Waals surface area (Å²) in [7, 11) is 0. The van der Waals surface area contributed by atoms with Crippen molar-refractivity contribution >= 4 is 27.8 Å². The second kappa shape index (κ2) is 7.99. The van der Waals surface area contributed by atoms with Crippen LogP contribution in [0.1, 0.15) is 31.4 Å². The Labute approximate surface area is 135 Å². The number of halogens is 1. The van der Waals surface area contributed by atoms with Crippen LogP contribution < -0.4 is 4.74 Å². The van der Waals surface area contributed by atoms with Crippen molar-refractivity contribution in [3.8, 4) is 5.75 Å². The second-order valence-electron chi connectivity index (χ2n) is 4.81. The van der Waals surface area contributed by atoms with Gasteiger partial charge in [0.2, 0.25) is 0 Å². The van der Waals surface area contributed by atoms with E-state index in [1.807, 2.05) is 36.5 Å². The van der Waals surface area contributed by atoms with Crippen molar-refractivity contribution in [3.63, 3.8) is 0 Å². The van der Waals surface area contributed by atoms with Gasteiger partial charge in [0.05, 0.1) is 12.3 Å². The summed E-state index contributed by atoms with van der Waals surface area (Å²) >= 11 is 3.49. The van der Waals surface area contributed by atoms with Gasteiger partial charge in [0, 0.05) is 16.3 Å². The van der Waals surface area contributed by atoms with Gasteiger partial charge in [-0.05, 0) is 48.7 Å². The summed E-state index contributed by atoms with van der Waals surface area (Å²) in [5.74, 6) is 0.869. The zero-order valence-corrected chi connectivity index (χ0v) is 14.1. The van der Waals surface area contributed by atoms with Crippen molar-refractivity contribution in [1.29, 1.82) is 0 Å². The number of rotatable bonds is 6. The van der Waals surface area contributed by atoms with Gasteiger partial charge in [-0.3, -0.25) is 4.99 Å². The summed E-state index contributed by atoms with van der Waals surface area (Å²) in [6.45, 7) is 4.96. The molecule has 2 aromatic carbocycles. The molecule has 0 fully saturated rings. The lowest BCUT2D eigenvalue weighted by Gasteiger charge is -2.08. The molecule has 3 heteroatoms. The molecule has 0 aliphatic heterocycles. The lowest BCUT2D eigenvalue weighted by atomic mass is 10.1. The normalized spacial score (nSPS) is 11.0. The number of nitrogens with zero attached hydrogens (tertiary/aromatic N) is 1. The Morgan fingerprint density at radius 2 is 1.86 bits per heavy atom. The van der Waals surface area contributed by atoms with Gasteiger partial charge in [-0.1, -0.05) is 41.9 Å². The fourth-order valence-corrected chi connectivity index (χ4v) is 2.30. The third-order valence-electron chi connectivity index (χ3n) is 3.13. The Morgan fingerprint density at radius 3 is 2.52 bits per heavy atom. The zero-order valence-electron chi connectivity index (χ0n) is 12.5. The number of aliphatic imine (C=N–C) groups is 1. The van der Waals surface area contributed by atoms with Gasteiger partial charge < -0.3 is 4.74 Å². The third-order valence-corrected chi connectivity index (χ3v) is 3.62. The summed E-state index contributed by atoms with van der Waals surface area (Å²) in [5.41, 5.74) is 3.26. The van der Waals surface area contributed by atoms with Gasteiger partial charge in [-0.2, -0.15) is 0 Å². The maximum Gasteiger partial charge on any atom is 0.128 e. The molecule has 0 radical (unpaired) electrons. The van der Waals surface area contributed by atoms with E-state index in [9.17, 15) is 0 Å². The molecule has 0 aromatic heterocycles. The zero-order chi connectivity index (χ0) is 15.1. The van der Waals surface area contributed by atoms with Crippen LogP contribution in [0.25, 0.3) is 0 Å². The summed E-state index contributed by atoms with van der Waals surface area (Å²) in [5, 5.41) is 0. The molecule has 2 nitrogen and oxygen atoms in total. The molecule has 0 amide bonds. The van der Waals surface area contributed by atoms with Gasteiger partial charge in [0.1, 0.15) is 5.75 Å². The van der Waals surface area contributed by atoms with Crippen LogP contribution >= 0.6 is 15.9 Å². The van der Waals surface area contributed by atoms with E-state index in [0.29, 0.717) is 6.61 Å². The predicted octanol–water partition coefficient (Wildman–Crippen LogP) is 5.55. The highest BCUT2D eigenvalue weighted by atomic mass is 79.9. The van der Waals surface area contributed by atoms with Crippen LogP contribution in [-0.2, 0) is 6.42 Å². The number of aryl methyl sites for hydroxylation is 1. The summed E-state index contributed by atoms with van der Waals surface area (Å²) in [4.78, 5) is 4.54. The van der Waals surface area contributed by atoms with E-state index < -0.39 is 0 Å². The molecule has 0 unspecified atom stereocenters. The van der Waals surface area contributed by atoms with Gasteiger partial charge in [-0.25, -0.2) is 0 Å². The standard InChI is InChI=1S/C18H20BrNO/c1-3-11-21-18-10-7-16(19)12-15(18)13-20-17-8-5-14(4-2)6-9-17/h5-10,12-13H,3-4,11H2,1-2H3. The van der Waals surface area contributed by atoms with E-state index in [-0.39, 0.29) is 0 Å². The van der Waals surface area contributed by atoms with Crippen LogP contribution in [0.5, 0.6) is 5.75 Å². The Bertz CT molecular complexity index is 605. The van der Waals surface area contributed by atoms with E-state index >= 15 is 0 Å². The van der Waals surface area contributed by atoms with Crippen molar-refractivity contribution < 1.29 is 4.74 Å². The SMILES string of the molecule is CCCOc1ccc(Br)cc1C=Nc1ccc(CC)cc1. The fourth-order valence-electron chi connectivity index (χ4n) is 1.93. The van der Waals surface area contributed by atoms with Crippen molar-refractivity contribution in [2.24, 2.45) is 4.99 Å². The molecule has 0 atom stereocenters. The molecule has 0 aliphatic carbocycles. The molecule has 0 saturated heterocycles. The first-order chi connectivity index (χ1) is 10.2. The summed E-state index contributed by atoms with van der Waals surface area (Å²) < 4.78 is 6.78. The van der Waals surface area contributed by atoms with Crippen molar-refractivity contribution in [1.82, 2.24) is 0 Å². The van der Waals surface area contributed by atoms with Crippen LogP contribution in [0.15, 0.2) is 51.9 Å². The lowest BCUT2D eigenvalue weighted by Crippen LogP contribution is -1.98. The monoisotopic (exact) mass is 345 g/mol. The average Bonchev–Trinajstić information content (AvgIpc) is 2.52. The molecule has 0 spiro atoms. The highest BCUT2D eigenvalue weighted by Gasteiger charge is 2.02. The van der Waals surface area contributed by atoms with Crippen LogP contribution in [0.4, 0.5) is 5.69 Å². The van der Waals surface area contributed by atoms with Gasteiger partial charge >= 0.3 is 0 Å². The molecular formula is C18H20BrNO. The summed E-state index contributed by atoms with van der Waals surface area (Å²) in [6, 6.07) is 14.3. The third kappa shape index (κ3) is 4.71. The topological polar surface area (TPSA) is 21.6 Å². The van der Waals surface area contributed by atoms with Crippen LogP contribution in [0, 0.1) is 0 Å². The predicted molar refractivity (Wildman–Crippen MR) is 93.0 cm³/mol. The minimum absolute atomic E-state index is 0.716. The van der Waals surface area contributed by atoms with Crippen LogP contribution in [-0.4, -0.2) is 12.8 Å². The van der Waals surface area contributed by atoms with Crippen molar-refractivity contribution in [2.75, 3.05) is 6.61 Å². The number of hydrogen-bond donors (Lipinski definition) is 0.